The molecule has 3 atom stereocenters. The average molecular weight is 596 g/mol. The number of benzene rings is 2. The van der Waals surface area contributed by atoms with E-state index < -0.39 is 23.9 Å². The van der Waals surface area contributed by atoms with Crippen molar-refractivity contribution in [3.63, 3.8) is 0 Å². The number of amides is 3. The standard InChI is InChI=1S/C30H34FN5O5S/c1-19(26-14-20(18-42-26)29(32)33)35-30(39)25-15-24(41-23-11-9-21(31)10-12-23)17-36(25)28(38)16-34-27(37)8-5-13-40-22-6-3-2-4-7-22/h2-4,6-7,9-12,14,18-19,24-25H,5,8,13,15-17H2,1H3,(H3,32,33)(H,34,37)(H,35,39)/t19?,24-,25+/m1/s1. The van der Waals surface area contributed by atoms with Crippen molar-refractivity contribution >= 4 is 34.9 Å². The molecular weight excluding hydrogens is 561 g/mol. The van der Waals surface area contributed by atoms with E-state index in [9.17, 15) is 18.8 Å². The van der Waals surface area contributed by atoms with Gasteiger partial charge in [0.25, 0.3) is 0 Å². The lowest BCUT2D eigenvalue weighted by atomic mass is 10.1. The molecule has 10 nitrogen and oxygen atoms in total. The van der Waals surface area contributed by atoms with E-state index >= 15 is 0 Å². The predicted octanol–water partition coefficient (Wildman–Crippen LogP) is 3.37. The molecule has 0 bridgehead atoms. The Kier molecular flexibility index (Phi) is 10.5. The van der Waals surface area contributed by atoms with Gasteiger partial charge in [-0.05, 0) is 55.8 Å². The van der Waals surface area contributed by atoms with Gasteiger partial charge in [-0.2, -0.15) is 0 Å². The van der Waals surface area contributed by atoms with E-state index in [1.54, 1.807) is 11.4 Å². The van der Waals surface area contributed by atoms with Gasteiger partial charge in [-0.25, -0.2) is 4.39 Å². The van der Waals surface area contributed by atoms with Crippen LogP contribution in [0.25, 0.3) is 0 Å². The highest BCUT2D eigenvalue weighted by Crippen LogP contribution is 2.26. The second kappa shape index (κ2) is 14.4. The molecule has 1 saturated heterocycles. The molecule has 2 aromatic carbocycles. The van der Waals surface area contributed by atoms with Crippen LogP contribution in [-0.4, -0.2) is 60.3 Å². The molecule has 5 N–H and O–H groups in total. The minimum Gasteiger partial charge on any atom is -0.494 e. The molecule has 3 amide bonds. The normalized spacial score (nSPS) is 16.9. The van der Waals surface area contributed by atoms with Gasteiger partial charge in [0.15, 0.2) is 0 Å². The molecule has 1 aliphatic heterocycles. The fraction of sp³-hybridized carbons (Fsp3) is 0.333. The highest BCUT2D eigenvalue weighted by Gasteiger charge is 2.41. The lowest BCUT2D eigenvalue weighted by molar-refractivity contribution is -0.139. The number of likely N-dealkylation sites (tertiary alicyclic amines) is 1. The molecule has 4 rings (SSSR count). The Balaban J connectivity index is 1.34. The zero-order valence-corrected chi connectivity index (χ0v) is 24.0. The van der Waals surface area contributed by atoms with Gasteiger partial charge in [0.1, 0.15) is 35.3 Å². The first kappa shape index (κ1) is 30.5. The first-order valence-corrected chi connectivity index (χ1v) is 14.5. The van der Waals surface area contributed by atoms with Crippen LogP contribution in [0.4, 0.5) is 4.39 Å². The Bertz CT molecular complexity index is 1380. The van der Waals surface area contributed by atoms with E-state index in [0.29, 0.717) is 24.3 Å². The van der Waals surface area contributed by atoms with Crippen LogP contribution in [0.15, 0.2) is 66.0 Å². The Morgan fingerprint density at radius 3 is 2.57 bits per heavy atom. The topological polar surface area (TPSA) is 147 Å². The van der Waals surface area contributed by atoms with Crippen LogP contribution >= 0.6 is 11.3 Å². The second-order valence-electron chi connectivity index (χ2n) is 9.91. The minimum atomic E-state index is -0.839. The Labute approximate surface area is 247 Å². The summed E-state index contributed by atoms with van der Waals surface area (Å²) >= 11 is 1.37. The van der Waals surface area contributed by atoms with Crippen molar-refractivity contribution in [1.82, 2.24) is 15.5 Å². The number of thiophene rings is 1. The number of rotatable bonds is 13. The molecule has 0 spiro atoms. The highest BCUT2D eigenvalue weighted by atomic mass is 32.1. The van der Waals surface area contributed by atoms with Crippen molar-refractivity contribution in [2.45, 2.75) is 44.4 Å². The van der Waals surface area contributed by atoms with E-state index in [-0.39, 0.29) is 49.6 Å². The summed E-state index contributed by atoms with van der Waals surface area (Å²) in [5.41, 5.74) is 6.13. The molecule has 2 heterocycles. The zero-order chi connectivity index (χ0) is 30.1. The summed E-state index contributed by atoms with van der Waals surface area (Å²) < 4.78 is 24.9. The molecule has 1 aliphatic rings. The number of halogens is 1. The molecule has 222 valence electrons. The monoisotopic (exact) mass is 595 g/mol. The quantitative estimate of drug-likeness (QED) is 0.135. The molecule has 3 aromatic rings. The largest absolute Gasteiger partial charge is 0.494 e. The lowest BCUT2D eigenvalue weighted by Gasteiger charge is -2.25. The minimum absolute atomic E-state index is 0.0601. The van der Waals surface area contributed by atoms with Gasteiger partial charge >= 0.3 is 0 Å². The van der Waals surface area contributed by atoms with E-state index in [1.165, 1.54) is 40.5 Å². The summed E-state index contributed by atoms with van der Waals surface area (Å²) in [7, 11) is 0. The van der Waals surface area contributed by atoms with Crippen LogP contribution in [0.2, 0.25) is 0 Å². The smallest absolute Gasteiger partial charge is 0.243 e. The summed E-state index contributed by atoms with van der Waals surface area (Å²) in [6, 6.07) is 15.3. The molecule has 1 fully saturated rings. The molecule has 1 unspecified atom stereocenters. The third-order valence-corrected chi connectivity index (χ3v) is 7.83. The number of nitrogens with two attached hydrogens (primary N) is 1. The summed E-state index contributed by atoms with van der Waals surface area (Å²) in [5, 5.41) is 14.9. The van der Waals surface area contributed by atoms with E-state index in [0.717, 1.165) is 10.6 Å². The van der Waals surface area contributed by atoms with Crippen molar-refractivity contribution in [3.8, 4) is 11.5 Å². The van der Waals surface area contributed by atoms with E-state index in [1.807, 2.05) is 37.3 Å². The summed E-state index contributed by atoms with van der Waals surface area (Å²) in [6.07, 6.45) is 0.363. The van der Waals surface area contributed by atoms with Crippen molar-refractivity contribution < 1.29 is 28.2 Å². The number of para-hydroxylation sites is 1. The maximum Gasteiger partial charge on any atom is 0.243 e. The highest BCUT2D eigenvalue weighted by molar-refractivity contribution is 7.10. The third-order valence-electron chi connectivity index (χ3n) is 6.72. The number of nitrogen functional groups attached to an aromatic ring is 1. The Hall–Kier alpha value is -4.45. The number of carbonyl (C=O) groups excluding carboxylic acids is 3. The number of hydrogen-bond donors (Lipinski definition) is 4. The summed E-state index contributed by atoms with van der Waals surface area (Å²) in [5.74, 6) is -0.413. The molecule has 42 heavy (non-hydrogen) atoms. The maximum absolute atomic E-state index is 13.4. The van der Waals surface area contributed by atoms with Crippen LogP contribution in [0.5, 0.6) is 11.5 Å². The predicted molar refractivity (Wildman–Crippen MR) is 157 cm³/mol. The number of ether oxygens (including phenoxy) is 2. The van der Waals surface area contributed by atoms with E-state index in [2.05, 4.69) is 10.6 Å². The van der Waals surface area contributed by atoms with Gasteiger partial charge in [-0.1, -0.05) is 18.2 Å². The first-order chi connectivity index (χ1) is 20.2. The number of amidine groups is 1. The van der Waals surface area contributed by atoms with Gasteiger partial charge in [0, 0.05) is 28.7 Å². The zero-order valence-electron chi connectivity index (χ0n) is 23.2. The van der Waals surface area contributed by atoms with Gasteiger partial charge in [-0.3, -0.25) is 19.8 Å². The van der Waals surface area contributed by atoms with Gasteiger partial charge in [0.05, 0.1) is 25.7 Å². The maximum atomic E-state index is 13.4. The van der Waals surface area contributed by atoms with Crippen molar-refractivity contribution in [2.75, 3.05) is 19.7 Å². The fourth-order valence-corrected chi connectivity index (χ4v) is 5.43. The van der Waals surface area contributed by atoms with Gasteiger partial charge in [-0.15, -0.1) is 11.3 Å². The fourth-order valence-electron chi connectivity index (χ4n) is 4.52. The average Bonchev–Trinajstić information content (AvgIpc) is 3.64. The van der Waals surface area contributed by atoms with Crippen LogP contribution < -0.4 is 25.8 Å². The van der Waals surface area contributed by atoms with Crippen molar-refractivity contribution in [3.05, 3.63) is 82.3 Å². The lowest BCUT2D eigenvalue weighted by Crippen LogP contribution is -2.49. The molecular formula is C30H34FN5O5S. The summed E-state index contributed by atoms with van der Waals surface area (Å²) in [6.45, 7) is 2.02. The van der Waals surface area contributed by atoms with Crippen molar-refractivity contribution in [1.29, 1.82) is 5.41 Å². The van der Waals surface area contributed by atoms with Crippen LogP contribution in [0, 0.1) is 11.2 Å². The molecule has 0 radical (unpaired) electrons. The number of carbonyl (C=O) groups is 3. The number of nitrogens with zero attached hydrogens (tertiary/aromatic N) is 1. The Morgan fingerprint density at radius 2 is 1.88 bits per heavy atom. The third kappa shape index (κ3) is 8.53. The second-order valence-corrected chi connectivity index (χ2v) is 10.9. The molecule has 12 heteroatoms. The van der Waals surface area contributed by atoms with E-state index in [4.69, 9.17) is 20.6 Å². The first-order valence-electron chi connectivity index (χ1n) is 13.6. The van der Waals surface area contributed by atoms with Crippen LogP contribution in [0.3, 0.4) is 0 Å². The molecule has 0 saturated carbocycles. The number of hydrogen-bond acceptors (Lipinski definition) is 7. The van der Waals surface area contributed by atoms with Gasteiger partial charge in [0.2, 0.25) is 17.7 Å². The molecule has 0 aliphatic carbocycles. The van der Waals surface area contributed by atoms with Gasteiger partial charge < -0.3 is 30.7 Å². The SMILES string of the molecule is CC(NC(=O)[C@@H]1C[C@@H](Oc2ccc(F)cc2)CN1C(=O)CNC(=O)CCCOc1ccccc1)c1cc(C(=N)N)cs1. The van der Waals surface area contributed by atoms with Crippen LogP contribution in [0.1, 0.15) is 42.7 Å². The number of nitrogens with one attached hydrogen (secondary N) is 3. The van der Waals surface area contributed by atoms with Crippen molar-refractivity contribution in [2.24, 2.45) is 5.73 Å². The molecule has 1 aromatic heterocycles. The summed E-state index contributed by atoms with van der Waals surface area (Å²) in [4.78, 5) is 41.2. The van der Waals surface area contributed by atoms with Crippen LogP contribution in [-0.2, 0) is 14.4 Å². The Morgan fingerprint density at radius 1 is 1.14 bits per heavy atom.